The van der Waals surface area contributed by atoms with Gasteiger partial charge in [0.15, 0.2) is 0 Å². The fourth-order valence-electron chi connectivity index (χ4n) is 0. The molecule has 0 heterocycles. The van der Waals surface area contributed by atoms with E-state index in [0.717, 1.165) is 5.21 Å². The molecule has 0 aliphatic heterocycles. The number of hydrogen-bond acceptors (Lipinski definition) is 2. The second kappa shape index (κ2) is 10.5. The van der Waals surface area contributed by atoms with Crippen LogP contribution in [0, 0.1) is 0 Å². The van der Waals surface area contributed by atoms with E-state index in [2.05, 4.69) is 0 Å². The van der Waals surface area contributed by atoms with Crippen LogP contribution in [0.5, 0.6) is 0 Å². The molecule has 0 radical (unpaired) electrons. The Bertz CT molecular complexity index is 28.9. The van der Waals surface area contributed by atoms with Crippen molar-refractivity contribution in [3.63, 3.8) is 0 Å². The van der Waals surface area contributed by atoms with Crippen molar-refractivity contribution in [2.75, 3.05) is 27.7 Å². The molecule has 0 bridgehead atoms. The Labute approximate surface area is 60.4 Å². The van der Waals surface area contributed by atoms with Gasteiger partial charge in [-0.05, 0) is 21.1 Å². The molecule has 1 atom stereocenters. The molecule has 52 valence electrons. The van der Waals surface area contributed by atoms with Crippen molar-refractivity contribution in [3.05, 3.63) is 0 Å². The second-order valence-electron chi connectivity index (χ2n) is 1.85. The molecule has 0 amide bonds. The van der Waals surface area contributed by atoms with Gasteiger partial charge >= 0.3 is 33.8 Å². The minimum absolute atomic E-state index is 0.347. The minimum atomic E-state index is 0.347. The van der Waals surface area contributed by atoms with E-state index in [4.69, 9.17) is 5.11 Å². The molecule has 0 rings (SSSR count). The number of aliphatic hydroxyl groups is 1. The summed E-state index contributed by atoms with van der Waals surface area (Å²) >= 11 is 1.57. The van der Waals surface area contributed by atoms with Crippen LogP contribution in [-0.2, 0) is 0 Å². The standard InChI is InChI=1S/C3H9N.C2H7AsO/c1-4(2)3;3-1-2-4/h1-3H3;4H,1-3H2. The molecule has 0 spiro atoms. The molecular formula is C5H16AsNO. The fourth-order valence-corrected chi connectivity index (χ4v) is 0. The van der Waals surface area contributed by atoms with Crippen LogP contribution in [0.25, 0.3) is 0 Å². The second-order valence-corrected chi connectivity index (χ2v) is 3.07. The molecule has 8 heavy (non-hydrogen) atoms. The average molecular weight is 181 g/mol. The van der Waals surface area contributed by atoms with Gasteiger partial charge in [0.25, 0.3) is 0 Å². The Hall–Kier alpha value is 0.478. The zero-order valence-corrected chi connectivity index (χ0v) is 8.31. The first-order valence-electron chi connectivity index (χ1n) is 2.57. The summed E-state index contributed by atoms with van der Waals surface area (Å²) in [6.45, 7) is 0.347. The van der Waals surface area contributed by atoms with E-state index in [1.807, 2.05) is 26.0 Å². The summed E-state index contributed by atoms with van der Waals surface area (Å²) in [6, 6.07) is 0. The van der Waals surface area contributed by atoms with Crippen LogP contribution in [-0.4, -0.2) is 54.6 Å². The van der Waals surface area contributed by atoms with Crippen molar-refractivity contribution >= 4 is 16.9 Å². The van der Waals surface area contributed by atoms with Gasteiger partial charge in [0.1, 0.15) is 0 Å². The van der Waals surface area contributed by atoms with Crippen molar-refractivity contribution in [3.8, 4) is 0 Å². The van der Waals surface area contributed by atoms with Crippen LogP contribution in [0.15, 0.2) is 0 Å². The van der Waals surface area contributed by atoms with Gasteiger partial charge in [0, 0.05) is 0 Å². The third kappa shape index (κ3) is 89.0. The molecule has 2 nitrogen and oxygen atoms in total. The molecule has 0 aliphatic carbocycles. The predicted octanol–water partition coefficient (Wildman–Crippen LogP) is -0.792. The van der Waals surface area contributed by atoms with Crippen LogP contribution in [0.4, 0.5) is 0 Å². The van der Waals surface area contributed by atoms with Gasteiger partial charge in [-0.25, -0.2) is 0 Å². The Balaban J connectivity index is 0. The van der Waals surface area contributed by atoms with Crippen LogP contribution in [0.1, 0.15) is 0 Å². The monoisotopic (exact) mass is 181 g/mol. The van der Waals surface area contributed by atoms with Gasteiger partial charge in [-0.2, -0.15) is 0 Å². The Morgan fingerprint density at radius 3 is 1.50 bits per heavy atom. The average Bonchev–Trinajstić information content (AvgIpc) is 1.65. The molecule has 3 heteroatoms. The first kappa shape index (κ1) is 11.3. The maximum atomic E-state index is 7.89. The van der Waals surface area contributed by atoms with Crippen LogP contribution >= 0.6 is 0 Å². The van der Waals surface area contributed by atoms with E-state index >= 15 is 0 Å². The van der Waals surface area contributed by atoms with Crippen LogP contribution < -0.4 is 0 Å². The van der Waals surface area contributed by atoms with Gasteiger partial charge in [-0.15, -0.1) is 0 Å². The number of rotatable bonds is 1. The van der Waals surface area contributed by atoms with Gasteiger partial charge < -0.3 is 4.90 Å². The van der Waals surface area contributed by atoms with Crippen molar-refractivity contribution < 1.29 is 5.11 Å². The summed E-state index contributed by atoms with van der Waals surface area (Å²) in [4.78, 5) is 2.00. The van der Waals surface area contributed by atoms with Crippen molar-refractivity contribution in [2.24, 2.45) is 0 Å². The van der Waals surface area contributed by atoms with Gasteiger partial charge in [-0.1, -0.05) is 0 Å². The number of hydrogen-bond donors (Lipinski definition) is 1. The summed E-state index contributed by atoms with van der Waals surface area (Å²) in [5.74, 6) is 0. The molecule has 0 aromatic rings. The number of nitrogens with zero attached hydrogens (tertiary/aromatic N) is 1. The van der Waals surface area contributed by atoms with E-state index in [1.165, 1.54) is 0 Å². The quantitative estimate of drug-likeness (QED) is 0.536. The topological polar surface area (TPSA) is 23.5 Å². The van der Waals surface area contributed by atoms with Gasteiger partial charge in [-0.3, -0.25) is 0 Å². The summed E-state index contributed by atoms with van der Waals surface area (Å²) in [5.41, 5.74) is 0. The Kier molecular flexibility index (Phi) is 14.8. The third-order valence-electron chi connectivity index (χ3n) is 0.129. The summed E-state index contributed by atoms with van der Waals surface area (Å²) in [6.07, 6.45) is 0. The molecule has 0 fully saturated rings. The molecule has 1 N–H and O–H groups in total. The molecule has 0 saturated heterocycles. The van der Waals surface area contributed by atoms with Crippen molar-refractivity contribution in [2.45, 2.75) is 5.21 Å². The summed E-state index contributed by atoms with van der Waals surface area (Å²) in [7, 11) is 6.00. The maximum absolute atomic E-state index is 7.89. The van der Waals surface area contributed by atoms with E-state index in [-0.39, 0.29) is 0 Å². The number of aliphatic hydroxyl groups excluding tert-OH is 1. The van der Waals surface area contributed by atoms with E-state index in [0.29, 0.717) is 6.61 Å². The van der Waals surface area contributed by atoms with Crippen molar-refractivity contribution in [1.29, 1.82) is 0 Å². The first-order valence-corrected chi connectivity index (χ1v) is 4.28. The van der Waals surface area contributed by atoms with E-state index in [1.54, 1.807) is 16.9 Å². The van der Waals surface area contributed by atoms with E-state index < -0.39 is 0 Å². The zero-order valence-electron chi connectivity index (χ0n) is 5.89. The SMILES string of the molecule is CN(C)C.OCC[AsH2]. The summed E-state index contributed by atoms with van der Waals surface area (Å²) in [5, 5.41) is 8.83. The first-order chi connectivity index (χ1) is 3.65. The Morgan fingerprint density at radius 2 is 1.50 bits per heavy atom. The Morgan fingerprint density at radius 1 is 1.38 bits per heavy atom. The van der Waals surface area contributed by atoms with Crippen LogP contribution in [0.3, 0.4) is 0 Å². The van der Waals surface area contributed by atoms with Gasteiger partial charge in [0.2, 0.25) is 0 Å². The molecule has 1 unspecified atom stereocenters. The third-order valence-corrected chi connectivity index (χ3v) is 0.671. The fraction of sp³-hybridized carbons (Fsp3) is 1.00. The van der Waals surface area contributed by atoms with E-state index in [9.17, 15) is 0 Å². The molecule has 0 aromatic heterocycles. The van der Waals surface area contributed by atoms with Crippen LogP contribution in [0.2, 0.25) is 5.21 Å². The summed E-state index contributed by atoms with van der Waals surface area (Å²) < 4.78 is 0. The van der Waals surface area contributed by atoms with Gasteiger partial charge in [0.05, 0.1) is 0 Å². The zero-order chi connectivity index (χ0) is 6.99. The van der Waals surface area contributed by atoms with Crippen molar-refractivity contribution in [1.82, 2.24) is 4.90 Å². The normalized spacial score (nSPS) is 8.25. The molecule has 0 saturated carbocycles. The predicted molar refractivity (Wildman–Crippen MR) is 40.0 cm³/mol. The molecule has 0 aromatic carbocycles. The molecule has 0 aliphatic rings. The molecular weight excluding hydrogens is 165 g/mol.